The van der Waals surface area contributed by atoms with Crippen molar-refractivity contribution >= 4 is 5.57 Å². The highest BCUT2D eigenvalue weighted by Crippen LogP contribution is 2.12. The van der Waals surface area contributed by atoms with E-state index in [-0.39, 0.29) is 0 Å². The molecule has 2 rings (SSSR count). The molecule has 136 valence electrons. The van der Waals surface area contributed by atoms with Gasteiger partial charge in [0.25, 0.3) is 0 Å². The molecule has 0 bridgehead atoms. The number of azide groups is 1. The topological polar surface area (TPSA) is 106 Å². The second-order valence-electron chi connectivity index (χ2n) is 6.22. The maximum atomic E-state index is 8.31. The third-order valence-electron chi connectivity index (χ3n) is 4.36. The Morgan fingerprint density at radius 3 is 2.68 bits per heavy atom. The van der Waals surface area contributed by atoms with Crippen molar-refractivity contribution in [2.24, 2.45) is 10.8 Å². The minimum atomic E-state index is 0.488. The van der Waals surface area contributed by atoms with E-state index in [1.807, 2.05) is 25.5 Å². The van der Waals surface area contributed by atoms with E-state index in [2.05, 4.69) is 36.2 Å². The zero-order chi connectivity index (χ0) is 17.9. The molecule has 0 unspecified atom stereocenters. The van der Waals surface area contributed by atoms with Gasteiger partial charge in [0.05, 0.1) is 0 Å². The summed E-state index contributed by atoms with van der Waals surface area (Å²) >= 11 is 0. The maximum absolute atomic E-state index is 8.31. The first-order chi connectivity index (χ1) is 12.2. The minimum absolute atomic E-state index is 0.488. The SMILES string of the molecule is Cc1cncc(/C(=C/NCCN2CCN(CCN=[N+]=[N-])CC2)CN)c1. The Morgan fingerprint density at radius 1 is 1.32 bits per heavy atom. The lowest BCUT2D eigenvalue weighted by Crippen LogP contribution is -2.48. The van der Waals surface area contributed by atoms with Gasteiger partial charge >= 0.3 is 0 Å². The van der Waals surface area contributed by atoms with Gasteiger partial charge in [0, 0.05) is 82.4 Å². The average Bonchev–Trinajstić information content (AvgIpc) is 2.63. The van der Waals surface area contributed by atoms with Crippen LogP contribution in [0.4, 0.5) is 0 Å². The number of aromatic nitrogens is 1. The molecule has 0 aliphatic carbocycles. The van der Waals surface area contributed by atoms with Gasteiger partial charge in [-0.1, -0.05) is 5.11 Å². The van der Waals surface area contributed by atoms with Gasteiger partial charge in [-0.2, -0.15) is 0 Å². The van der Waals surface area contributed by atoms with Crippen molar-refractivity contribution in [3.63, 3.8) is 0 Å². The monoisotopic (exact) mass is 344 g/mol. The van der Waals surface area contributed by atoms with Crippen LogP contribution < -0.4 is 11.1 Å². The van der Waals surface area contributed by atoms with Gasteiger partial charge in [0.1, 0.15) is 0 Å². The molecule has 1 saturated heterocycles. The molecular formula is C17H28N8. The van der Waals surface area contributed by atoms with Gasteiger partial charge in [0.2, 0.25) is 0 Å². The van der Waals surface area contributed by atoms with Gasteiger partial charge in [-0.3, -0.25) is 9.88 Å². The van der Waals surface area contributed by atoms with E-state index in [0.29, 0.717) is 13.1 Å². The lowest BCUT2D eigenvalue weighted by molar-refractivity contribution is 0.136. The fraction of sp³-hybridized carbons (Fsp3) is 0.588. The van der Waals surface area contributed by atoms with Gasteiger partial charge < -0.3 is 16.0 Å². The molecular weight excluding hydrogens is 316 g/mol. The zero-order valence-corrected chi connectivity index (χ0v) is 14.9. The third-order valence-corrected chi connectivity index (χ3v) is 4.36. The summed E-state index contributed by atoms with van der Waals surface area (Å²) in [6.45, 7) is 9.97. The maximum Gasteiger partial charge on any atom is 0.0385 e. The second kappa shape index (κ2) is 10.7. The predicted molar refractivity (Wildman–Crippen MR) is 101 cm³/mol. The Labute approximate surface area is 149 Å². The summed E-state index contributed by atoms with van der Waals surface area (Å²) in [7, 11) is 0. The van der Waals surface area contributed by atoms with Gasteiger partial charge in [-0.25, -0.2) is 0 Å². The van der Waals surface area contributed by atoms with Crippen molar-refractivity contribution < 1.29 is 0 Å². The summed E-state index contributed by atoms with van der Waals surface area (Å²) in [5, 5.41) is 6.97. The van der Waals surface area contributed by atoms with Crippen LogP contribution in [-0.4, -0.2) is 73.7 Å². The molecule has 0 amide bonds. The summed E-state index contributed by atoms with van der Waals surface area (Å²) in [6, 6.07) is 2.10. The third kappa shape index (κ3) is 6.72. The minimum Gasteiger partial charge on any atom is -0.389 e. The van der Waals surface area contributed by atoms with Crippen molar-refractivity contribution in [3.05, 3.63) is 46.2 Å². The highest BCUT2D eigenvalue weighted by molar-refractivity contribution is 5.66. The number of nitrogens with two attached hydrogens (primary N) is 1. The molecule has 0 spiro atoms. The van der Waals surface area contributed by atoms with E-state index < -0.39 is 0 Å². The Morgan fingerprint density at radius 2 is 2.04 bits per heavy atom. The van der Waals surface area contributed by atoms with Crippen LogP contribution in [0.2, 0.25) is 0 Å². The highest BCUT2D eigenvalue weighted by Gasteiger charge is 2.15. The van der Waals surface area contributed by atoms with Crippen LogP contribution in [0.25, 0.3) is 16.0 Å². The largest absolute Gasteiger partial charge is 0.389 e. The molecule has 1 fully saturated rings. The molecule has 25 heavy (non-hydrogen) atoms. The molecule has 0 atom stereocenters. The molecule has 1 aliphatic rings. The summed E-state index contributed by atoms with van der Waals surface area (Å²) < 4.78 is 0. The number of hydrogen-bond acceptors (Lipinski definition) is 6. The number of pyridine rings is 1. The van der Waals surface area contributed by atoms with Crippen molar-refractivity contribution in [2.45, 2.75) is 6.92 Å². The fourth-order valence-electron chi connectivity index (χ4n) is 2.88. The first-order valence-corrected chi connectivity index (χ1v) is 8.73. The Hall–Kier alpha value is -2.12. The number of aryl methyl sites for hydroxylation is 1. The molecule has 1 aromatic rings. The van der Waals surface area contributed by atoms with Crippen LogP contribution in [0.15, 0.2) is 29.8 Å². The van der Waals surface area contributed by atoms with Crippen LogP contribution >= 0.6 is 0 Å². The van der Waals surface area contributed by atoms with Crippen molar-refractivity contribution in [1.29, 1.82) is 0 Å². The summed E-state index contributed by atoms with van der Waals surface area (Å²) in [6.07, 6.45) is 5.70. The first kappa shape index (κ1) is 19.2. The van der Waals surface area contributed by atoms with Crippen LogP contribution in [0, 0.1) is 6.92 Å². The van der Waals surface area contributed by atoms with Crippen molar-refractivity contribution in [3.8, 4) is 0 Å². The zero-order valence-electron chi connectivity index (χ0n) is 14.9. The fourth-order valence-corrected chi connectivity index (χ4v) is 2.88. The van der Waals surface area contributed by atoms with Crippen molar-refractivity contribution in [2.75, 3.05) is 58.9 Å². The summed E-state index contributed by atoms with van der Waals surface area (Å²) in [4.78, 5) is 11.8. The van der Waals surface area contributed by atoms with E-state index in [1.165, 1.54) is 0 Å². The van der Waals surface area contributed by atoms with Gasteiger partial charge in [-0.15, -0.1) is 0 Å². The number of nitrogens with one attached hydrogen (secondary N) is 1. The Bertz CT molecular complexity index is 600. The quantitative estimate of drug-likeness (QED) is 0.303. The number of hydrogen-bond donors (Lipinski definition) is 2. The second-order valence-corrected chi connectivity index (χ2v) is 6.22. The molecule has 1 aliphatic heterocycles. The molecule has 2 heterocycles. The van der Waals surface area contributed by atoms with E-state index >= 15 is 0 Å². The van der Waals surface area contributed by atoms with E-state index in [0.717, 1.165) is 62.5 Å². The first-order valence-electron chi connectivity index (χ1n) is 8.73. The Kier molecular flexibility index (Phi) is 8.21. The lowest BCUT2D eigenvalue weighted by Gasteiger charge is -2.34. The van der Waals surface area contributed by atoms with Crippen LogP contribution in [0.3, 0.4) is 0 Å². The normalized spacial score (nSPS) is 16.5. The average molecular weight is 344 g/mol. The van der Waals surface area contributed by atoms with Gasteiger partial charge in [-0.05, 0) is 35.2 Å². The van der Waals surface area contributed by atoms with E-state index in [4.69, 9.17) is 11.3 Å². The van der Waals surface area contributed by atoms with Crippen LogP contribution in [0.5, 0.6) is 0 Å². The predicted octanol–water partition coefficient (Wildman–Crippen LogP) is 1.21. The number of nitrogens with zero attached hydrogens (tertiary/aromatic N) is 6. The molecule has 8 nitrogen and oxygen atoms in total. The van der Waals surface area contributed by atoms with E-state index in [9.17, 15) is 0 Å². The summed E-state index contributed by atoms with van der Waals surface area (Å²) in [5.41, 5.74) is 17.4. The molecule has 0 radical (unpaired) electrons. The summed E-state index contributed by atoms with van der Waals surface area (Å²) in [5.74, 6) is 0. The Balaban J connectivity index is 1.69. The van der Waals surface area contributed by atoms with Crippen LogP contribution in [0.1, 0.15) is 11.1 Å². The molecule has 1 aromatic heterocycles. The highest BCUT2D eigenvalue weighted by atomic mass is 15.3. The number of piperazine rings is 1. The molecule has 0 aromatic carbocycles. The van der Waals surface area contributed by atoms with Crippen LogP contribution in [-0.2, 0) is 0 Å². The molecule has 8 heteroatoms. The standard InChI is InChI=1S/C17H28N8/c1-15-10-16(13-21-12-15)17(11-18)14-20-2-4-24-6-8-25(9-7-24)5-3-22-23-19/h10,12-14,20H,2-9,11,18H2,1H3/b17-14+. The smallest absolute Gasteiger partial charge is 0.0385 e. The van der Waals surface area contributed by atoms with Crippen molar-refractivity contribution in [1.82, 2.24) is 20.1 Å². The lowest BCUT2D eigenvalue weighted by atomic mass is 10.1. The van der Waals surface area contributed by atoms with Gasteiger partial charge in [0.15, 0.2) is 0 Å². The molecule has 0 saturated carbocycles. The van der Waals surface area contributed by atoms with E-state index in [1.54, 1.807) is 0 Å². The number of rotatable bonds is 9. The molecule has 3 N–H and O–H groups in total.